The smallest absolute Gasteiger partial charge is 0.258 e. The first-order valence-corrected chi connectivity index (χ1v) is 6.68. The lowest BCUT2D eigenvalue weighted by atomic mass is 10.2. The highest BCUT2D eigenvalue weighted by Gasteiger charge is 2.06. The van der Waals surface area contributed by atoms with E-state index >= 15 is 0 Å². The SMILES string of the molecule is O=c1[nH]c(CNc2cc(Cl)ccc2F)nc2ccccc12. The zero-order valence-electron chi connectivity index (χ0n) is 10.9. The fourth-order valence-corrected chi connectivity index (χ4v) is 2.20. The van der Waals surface area contributed by atoms with Crippen molar-refractivity contribution in [1.29, 1.82) is 0 Å². The van der Waals surface area contributed by atoms with E-state index in [1.807, 2.05) is 6.07 Å². The van der Waals surface area contributed by atoms with Gasteiger partial charge in [-0.1, -0.05) is 23.7 Å². The van der Waals surface area contributed by atoms with E-state index in [1.54, 1.807) is 18.2 Å². The van der Waals surface area contributed by atoms with Crippen LogP contribution in [0.4, 0.5) is 10.1 Å². The van der Waals surface area contributed by atoms with E-state index in [-0.39, 0.29) is 17.8 Å². The van der Waals surface area contributed by atoms with Gasteiger partial charge in [0.2, 0.25) is 0 Å². The van der Waals surface area contributed by atoms with Gasteiger partial charge in [-0.3, -0.25) is 4.79 Å². The monoisotopic (exact) mass is 303 g/mol. The lowest BCUT2D eigenvalue weighted by Gasteiger charge is -2.08. The van der Waals surface area contributed by atoms with Gasteiger partial charge in [-0.25, -0.2) is 9.37 Å². The Kier molecular flexibility index (Phi) is 3.58. The number of nitrogens with zero attached hydrogens (tertiary/aromatic N) is 1. The number of H-pyrrole nitrogens is 1. The van der Waals surface area contributed by atoms with Crippen LogP contribution in [-0.4, -0.2) is 9.97 Å². The molecule has 1 heterocycles. The Morgan fingerprint density at radius 2 is 2.05 bits per heavy atom. The molecule has 4 nitrogen and oxygen atoms in total. The second-order valence-electron chi connectivity index (χ2n) is 4.51. The molecule has 106 valence electrons. The van der Waals surface area contributed by atoms with Crippen molar-refractivity contribution < 1.29 is 4.39 Å². The highest BCUT2D eigenvalue weighted by atomic mass is 35.5. The minimum atomic E-state index is -0.414. The average Bonchev–Trinajstić information content (AvgIpc) is 2.48. The molecule has 2 aromatic carbocycles. The lowest BCUT2D eigenvalue weighted by molar-refractivity contribution is 0.630. The van der Waals surface area contributed by atoms with Crippen molar-refractivity contribution in [3.05, 3.63) is 69.5 Å². The molecule has 6 heteroatoms. The molecule has 0 spiro atoms. The van der Waals surface area contributed by atoms with E-state index < -0.39 is 5.82 Å². The van der Waals surface area contributed by atoms with Gasteiger partial charge in [0.05, 0.1) is 23.1 Å². The standard InChI is InChI=1S/C15H11ClFN3O/c16-9-5-6-11(17)13(7-9)18-8-14-19-12-4-2-1-3-10(12)15(21)20-14/h1-7,18H,8H2,(H,19,20,21). The molecule has 2 N–H and O–H groups in total. The zero-order valence-corrected chi connectivity index (χ0v) is 11.6. The van der Waals surface area contributed by atoms with Crippen LogP contribution in [-0.2, 0) is 6.54 Å². The summed E-state index contributed by atoms with van der Waals surface area (Å²) in [5, 5.41) is 3.82. The number of aromatic nitrogens is 2. The molecule has 0 atom stereocenters. The van der Waals surface area contributed by atoms with Gasteiger partial charge in [-0.05, 0) is 30.3 Å². The van der Waals surface area contributed by atoms with Crippen LogP contribution in [0.25, 0.3) is 10.9 Å². The third-order valence-electron chi connectivity index (χ3n) is 3.04. The number of nitrogens with one attached hydrogen (secondary N) is 2. The van der Waals surface area contributed by atoms with E-state index in [9.17, 15) is 9.18 Å². The van der Waals surface area contributed by atoms with Gasteiger partial charge in [-0.15, -0.1) is 0 Å². The fraction of sp³-hybridized carbons (Fsp3) is 0.0667. The Labute approximate surface area is 124 Å². The largest absolute Gasteiger partial charge is 0.375 e. The number of rotatable bonds is 3. The third kappa shape index (κ3) is 2.87. The summed E-state index contributed by atoms with van der Waals surface area (Å²) >= 11 is 5.82. The van der Waals surface area contributed by atoms with Crippen LogP contribution in [0.3, 0.4) is 0 Å². The molecule has 0 fully saturated rings. The summed E-state index contributed by atoms with van der Waals surface area (Å²) in [7, 11) is 0. The summed E-state index contributed by atoms with van der Waals surface area (Å²) in [5.74, 6) is 0.0145. The second kappa shape index (κ2) is 5.54. The first-order valence-electron chi connectivity index (χ1n) is 6.30. The summed E-state index contributed by atoms with van der Waals surface area (Å²) in [6, 6.07) is 11.3. The fourth-order valence-electron chi connectivity index (χ4n) is 2.03. The van der Waals surface area contributed by atoms with Crippen molar-refractivity contribution in [3.8, 4) is 0 Å². The predicted molar refractivity (Wildman–Crippen MR) is 81.1 cm³/mol. The average molecular weight is 304 g/mol. The van der Waals surface area contributed by atoms with E-state index in [4.69, 9.17) is 11.6 Å². The maximum atomic E-state index is 13.6. The number of fused-ring (bicyclic) bond motifs is 1. The molecular formula is C15H11ClFN3O. The molecule has 0 aliphatic carbocycles. The van der Waals surface area contributed by atoms with E-state index in [0.717, 1.165) is 0 Å². The van der Waals surface area contributed by atoms with Crippen molar-refractivity contribution in [2.24, 2.45) is 0 Å². The summed E-state index contributed by atoms with van der Waals surface area (Å²) < 4.78 is 13.6. The van der Waals surface area contributed by atoms with Crippen LogP contribution in [0.5, 0.6) is 0 Å². The maximum Gasteiger partial charge on any atom is 0.258 e. The highest BCUT2D eigenvalue weighted by Crippen LogP contribution is 2.19. The minimum Gasteiger partial charge on any atom is -0.375 e. The topological polar surface area (TPSA) is 57.8 Å². The minimum absolute atomic E-state index is 0.192. The van der Waals surface area contributed by atoms with Crippen LogP contribution in [0, 0.1) is 5.82 Å². The van der Waals surface area contributed by atoms with Crippen LogP contribution in [0.2, 0.25) is 5.02 Å². The van der Waals surface area contributed by atoms with Crippen molar-refractivity contribution >= 4 is 28.2 Å². The Hall–Kier alpha value is -2.40. The Morgan fingerprint density at radius 1 is 1.24 bits per heavy atom. The number of benzene rings is 2. The first kappa shape index (κ1) is 13.6. The molecule has 0 aliphatic heterocycles. The summed E-state index contributed by atoms with van der Waals surface area (Å²) in [5.41, 5.74) is 0.645. The number of hydrogen-bond donors (Lipinski definition) is 2. The number of halogens is 2. The van der Waals surface area contributed by atoms with Crippen molar-refractivity contribution in [1.82, 2.24) is 9.97 Å². The number of para-hydroxylation sites is 1. The van der Waals surface area contributed by atoms with Gasteiger partial charge in [-0.2, -0.15) is 0 Å². The van der Waals surface area contributed by atoms with E-state index in [1.165, 1.54) is 18.2 Å². The van der Waals surface area contributed by atoms with Gasteiger partial charge < -0.3 is 10.3 Å². The van der Waals surface area contributed by atoms with Gasteiger partial charge in [0.25, 0.3) is 5.56 Å². The van der Waals surface area contributed by atoms with Crippen LogP contribution < -0.4 is 10.9 Å². The molecule has 21 heavy (non-hydrogen) atoms. The molecule has 0 amide bonds. The Bertz CT molecular complexity index is 863. The Morgan fingerprint density at radius 3 is 2.90 bits per heavy atom. The number of hydrogen-bond acceptors (Lipinski definition) is 3. The molecule has 0 saturated heterocycles. The molecular weight excluding hydrogens is 293 g/mol. The molecule has 0 aliphatic rings. The molecule has 0 unspecified atom stereocenters. The second-order valence-corrected chi connectivity index (χ2v) is 4.94. The van der Waals surface area contributed by atoms with Crippen molar-refractivity contribution in [2.45, 2.75) is 6.54 Å². The molecule has 3 rings (SSSR count). The van der Waals surface area contributed by atoms with Crippen LogP contribution in [0.1, 0.15) is 5.82 Å². The van der Waals surface area contributed by atoms with Crippen LogP contribution >= 0.6 is 11.6 Å². The highest BCUT2D eigenvalue weighted by molar-refractivity contribution is 6.30. The quantitative estimate of drug-likeness (QED) is 0.780. The summed E-state index contributed by atoms with van der Waals surface area (Å²) in [6.45, 7) is 0.192. The normalized spacial score (nSPS) is 10.8. The number of anilines is 1. The Balaban J connectivity index is 1.88. The van der Waals surface area contributed by atoms with Crippen LogP contribution in [0.15, 0.2) is 47.3 Å². The molecule has 3 aromatic rings. The molecule has 0 bridgehead atoms. The summed E-state index contributed by atoms with van der Waals surface area (Å²) in [4.78, 5) is 18.9. The van der Waals surface area contributed by atoms with Crippen molar-refractivity contribution in [3.63, 3.8) is 0 Å². The van der Waals surface area contributed by atoms with Gasteiger partial charge in [0, 0.05) is 5.02 Å². The van der Waals surface area contributed by atoms with Gasteiger partial charge in [0.15, 0.2) is 0 Å². The molecule has 1 aromatic heterocycles. The van der Waals surface area contributed by atoms with E-state index in [0.29, 0.717) is 21.7 Å². The molecule has 0 saturated carbocycles. The first-order chi connectivity index (χ1) is 10.1. The van der Waals surface area contributed by atoms with Gasteiger partial charge >= 0.3 is 0 Å². The third-order valence-corrected chi connectivity index (χ3v) is 3.27. The van der Waals surface area contributed by atoms with E-state index in [2.05, 4.69) is 15.3 Å². The zero-order chi connectivity index (χ0) is 14.8. The summed E-state index contributed by atoms with van der Waals surface area (Å²) in [6.07, 6.45) is 0. The predicted octanol–water partition coefficient (Wildman–Crippen LogP) is 3.33. The maximum absolute atomic E-state index is 13.6. The molecule has 0 radical (unpaired) electrons. The number of aromatic amines is 1. The van der Waals surface area contributed by atoms with Gasteiger partial charge in [0.1, 0.15) is 11.6 Å². The lowest BCUT2D eigenvalue weighted by Crippen LogP contribution is -2.14. The van der Waals surface area contributed by atoms with Crippen molar-refractivity contribution in [2.75, 3.05) is 5.32 Å².